The summed E-state index contributed by atoms with van der Waals surface area (Å²) in [5, 5.41) is 22.3. The molecular weight excluding hydrogens is 472 g/mol. The van der Waals surface area contributed by atoms with Gasteiger partial charge in [-0.05, 0) is 45.9 Å². The Morgan fingerprint density at radius 2 is 1.42 bits per heavy atom. The molecule has 0 aliphatic heterocycles. The molecule has 10 nitrogen and oxygen atoms in total. The molecule has 2 aromatic rings. The summed E-state index contributed by atoms with van der Waals surface area (Å²) < 4.78 is 68.3. The van der Waals surface area contributed by atoms with Gasteiger partial charge in [-0.2, -0.15) is 13.2 Å². The molecule has 180 valence electrons. The zero-order chi connectivity index (χ0) is 25.1. The van der Waals surface area contributed by atoms with Gasteiger partial charge in [0.2, 0.25) is 5.75 Å². The molecule has 0 heterocycles. The molecule has 0 radical (unpaired) electrons. The fourth-order valence-electron chi connectivity index (χ4n) is 2.68. The fourth-order valence-corrected chi connectivity index (χ4v) is 4.79. The summed E-state index contributed by atoms with van der Waals surface area (Å²) in [5.74, 6) is -0.824. The Morgan fingerprint density at radius 1 is 0.879 bits per heavy atom. The molecule has 0 aromatic heterocycles. The highest BCUT2D eigenvalue weighted by molar-refractivity contribution is 7.62. The molecule has 0 atom stereocenters. The average Bonchev–Trinajstić information content (AvgIpc) is 2.65. The molecule has 0 fully saturated rings. The molecule has 0 saturated heterocycles. The zero-order valence-electron chi connectivity index (χ0n) is 17.9. The minimum Gasteiger partial charge on any atom is -0.450 e. The van der Waals surface area contributed by atoms with Crippen molar-refractivity contribution >= 4 is 24.3 Å². The molecule has 0 amide bonds. The third kappa shape index (κ3) is 6.50. The number of benzene rings is 2. The predicted octanol–water partition coefficient (Wildman–Crippen LogP) is 5.98. The van der Waals surface area contributed by atoms with Crippen LogP contribution in [0.1, 0.15) is 33.3 Å². The summed E-state index contributed by atoms with van der Waals surface area (Å²) in [5.41, 5.74) is -2.86. The number of rotatable bonds is 9. The molecule has 0 N–H and O–H groups in total. The minimum atomic E-state index is -4.82. The lowest BCUT2D eigenvalue weighted by Crippen LogP contribution is -2.19. The van der Waals surface area contributed by atoms with E-state index in [9.17, 15) is 38.0 Å². The Kier molecular flexibility index (Phi) is 7.83. The average molecular weight is 492 g/mol. The highest BCUT2D eigenvalue weighted by Crippen LogP contribution is 2.52. The quantitative estimate of drug-likeness (QED) is 0.237. The number of ether oxygens (including phenoxy) is 1. The van der Waals surface area contributed by atoms with Gasteiger partial charge >= 0.3 is 19.5 Å². The van der Waals surface area contributed by atoms with Crippen molar-refractivity contribution in [3.63, 3.8) is 0 Å². The van der Waals surface area contributed by atoms with E-state index in [-0.39, 0.29) is 5.75 Å². The number of halogens is 3. The van der Waals surface area contributed by atoms with Crippen LogP contribution in [0.3, 0.4) is 0 Å². The van der Waals surface area contributed by atoms with Crippen molar-refractivity contribution in [2.75, 3.05) is 0 Å². The number of hydrogen-bond donors (Lipinski definition) is 0. The van der Waals surface area contributed by atoms with E-state index in [1.807, 2.05) is 0 Å². The third-order valence-electron chi connectivity index (χ3n) is 3.85. The highest BCUT2D eigenvalue weighted by atomic mass is 31.2. The number of nitro groups is 2. The van der Waals surface area contributed by atoms with Gasteiger partial charge in [0.15, 0.2) is 0 Å². The summed E-state index contributed by atoms with van der Waals surface area (Å²) in [6.45, 7) is 6.14. The monoisotopic (exact) mass is 492 g/mol. The van der Waals surface area contributed by atoms with E-state index in [0.29, 0.717) is 12.1 Å². The Morgan fingerprint density at radius 3 is 1.88 bits per heavy atom. The van der Waals surface area contributed by atoms with Gasteiger partial charge < -0.3 is 13.8 Å². The second kappa shape index (κ2) is 9.86. The summed E-state index contributed by atoms with van der Waals surface area (Å²) in [4.78, 5) is 20.9. The van der Waals surface area contributed by atoms with E-state index in [2.05, 4.69) is 0 Å². The lowest BCUT2D eigenvalue weighted by molar-refractivity contribution is -0.385. The Balaban J connectivity index is 2.62. The van der Waals surface area contributed by atoms with Crippen molar-refractivity contribution in [2.24, 2.45) is 0 Å². The number of hydrogen-bond acceptors (Lipinski definition) is 8. The molecular formula is C19H20F3N2O8P. The smallest absolute Gasteiger partial charge is 0.416 e. The fraction of sp³-hybridized carbons (Fsp3) is 0.368. The highest BCUT2D eigenvalue weighted by Gasteiger charge is 2.38. The van der Waals surface area contributed by atoms with Gasteiger partial charge in [0.05, 0.1) is 27.6 Å². The molecule has 0 bridgehead atoms. The number of alkyl halides is 3. The predicted molar refractivity (Wildman–Crippen MR) is 111 cm³/mol. The van der Waals surface area contributed by atoms with Crippen molar-refractivity contribution in [1.82, 2.24) is 0 Å². The van der Waals surface area contributed by atoms with E-state index >= 15 is 0 Å². The topological polar surface area (TPSA) is 131 Å². The van der Waals surface area contributed by atoms with Crippen molar-refractivity contribution in [2.45, 2.75) is 46.1 Å². The largest absolute Gasteiger partial charge is 0.450 e. The van der Waals surface area contributed by atoms with Gasteiger partial charge in [-0.1, -0.05) is 0 Å². The molecule has 0 spiro atoms. The summed E-state index contributed by atoms with van der Waals surface area (Å²) in [6.07, 6.45) is -6.14. The van der Waals surface area contributed by atoms with Crippen LogP contribution in [0.15, 0.2) is 36.4 Å². The first-order chi connectivity index (χ1) is 15.1. The molecule has 0 aliphatic carbocycles. The molecule has 2 aromatic carbocycles. The maximum Gasteiger partial charge on any atom is 0.416 e. The first-order valence-corrected chi connectivity index (χ1v) is 11.0. The number of nitrogens with zero attached hydrogens (tertiary/aromatic N) is 2. The Labute approximate surface area is 186 Å². The van der Waals surface area contributed by atoms with Crippen LogP contribution in [-0.4, -0.2) is 22.1 Å². The zero-order valence-corrected chi connectivity index (χ0v) is 18.8. The van der Waals surface area contributed by atoms with Crippen LogP contribution >= 0.6 is 7.60 Å². The van der Waals surface area contributed by atoms with Crippen molar-refractivity contribution in [3.8, 4) is 11.5 Å². The van der Waals surface area contributed by atoms with Crippen LogP contribution in [0.25, 0.3) is 0 Å². The Hall–Kier alpha value is -3.02. The normalized spacial score (nSPS) is 12.3. The Bertz CT molecular complexity index is 1090. The van der Waals surface area contributed by atoms with Crippen LogP contribution in [0.4, 0.5) is 24.5 Å². The van der Waals surface area contributed by atoms with E-state index < -0.39 is 63.8 Å². The van der Waals surface area contributed by atoms with Crippen LogP contribution in [-0.2, 0) is 19.8 Å². The first-order valence-electron chi connectivity index (χ1n) is 9.43. The molecule has 2 rings (SSSR count). The molecule has 0 saturated carbocycles. The van der Waals surface area contributed by atoms with Gasteiger partial charge in [0.1, 0.15) is 11.1 Å². The maximum absolute atomic E-state index is 13.5. The van der Waals surface area contributed by atoms with Gasteiger partial charge in [-0.3, -0.25) is 24.8 Å². The van der Waals surface area contributed by atoms with Gasteiger partial charge in [0, 0.05) is 18.2 Å². The summed E-state index contributed by atoms with van der Waals surface area (Å²) in [6, 6.07) is 4.57. The molecule has 14 heteroatoms. The van der Waals surface area contributed by atoms with E-state index in [1.165, 1.54) is 27.7 Å². The SMILES string of the molecule is CC(C)OP(=O)(OC(C)C)c1cc(Oc2ccc(C(F)(F)F)cc2[N+](=O)[O-])ccc1[N+](=O)[O-]. The van der Waals surface area contributed by atoms with Gasteiger partial charge in [-0.25, -0.2) is 0 Å². The lowest BCUT2D eigenvalue weighted by Gasteiger charge is -2.23. The van der Waals surface area contributed by atoms with E-state index in [4.69, 9.17) is 13.8 Å². The second-order valence-corrected chi connectivity index (χ2v) is 9.15. The lowest BCUT2D eigenvalue weighted by atomic mass is 10.2. The third-order valence-corrected chi connectivity index (χ3v) is 6.20. The van der Waals surface area contributed by atoms with Gasteiger partial charge in [-0.15, -0.1) is 0 Å². The van der Waals surface area contributed by atoms with Crippen molar-refractivity contribution in [1.29, 1.82) is 0 Å². The molecule has 0 unspecified atom stereocenters. The van der Waals surface area contributed by atoms with Gasteiger partial charge in [0.25, 0.3) is 5.69 Å². The second-order valence-electron chi connectivity index (χ2n) is 7.25. The molecule has 0 aliphatic rings. The van der Waals surface area contributed by atoms with E-state index in [0.717, 1.165) is 24.3 Å². The van der Waals surface area contributed by atoms with Crippen molar-refractivity contribution in [3.05, 3.63) is 62.2 Å². The minimum absolute atomic E-state index is 0.265. The van der Waals surface area contributed by atoms with Crippen LogP contribution in [0.2, 0.25) is 0 Å². The van der Waals surface area contributed by atoms with Crippen LogP contribution in [0.5, 0.6) is 11.5 Å². The standard InChI is InChI=1S/C19H20F3N2O8P/c1-11(2)31-33(29,32-12(3)4)18-10-14(6-7-15(18)23(25)26)30-17-8-5-13(19(20,21)22)9-16(17)24(27)28/h5-12H,1-4H3. The summed E-state index contributed by atoms with van der Waals surface area (Å²) in [7, 11) is -4.27. The molecule has 33 heavy (non-hydrogen) atoms. The summed E-state index contributed by atoms with van der Waals surface area (Å²) >= 11 is 0. The number of nitro benzene ring substituents is 2. The maximum atomic E-state index is 13.5. The van der Waals surface area contributed by atoms with Crippen LogP contribution in [0, 0.1) is 20.2 Å². The van der Waals surface area contributed by atoms with Crippen LogP contribution < -0.4 is 10.0 Å². The van der Waals surface area contributed by atoms with E-state index in [1.54, 1.807) is 0 Å². The van der Waals surface area contributed by atoms with Crippen molar-refractivity contribution < 1.29 is 41.4 Å². The first kappa shape index (κ1) is 26.2.